The topological polar surface area (TPSA) is 98.5 Å². The number of amides is 1. The Hall–Kier alpha value is -4.40. The van der Waals surface area contributed by atoms with E-state index in [1.807, 2.05) is 36.2 Å². The predicted molar refractivity (Wildman–Crippen MR) is 165 cm³/mol. The highest BCUT2D eigenvalue weighted by molar-refractivity contribution is 6.36. The van der Waals surface area contributed by atoms with Crippen molar-refractivity contribution in [2.45, 2.75) is 31.3 Å². The Kier molecular flexibility index (Phi) is 8.29. The Morgan fingerprint density at radius 3 is 2.70 bits per heavy atom. The number of nitriles is 1. The van der Waals surface area contributed by atoms with Crippen LogP contribution in [0.1, 0.15) is 19.3 Å². The molecule has 0 bridgehead atoms. The number of hydrogen-bond acceptors (Lipinski definition) is 8. The summed E-state index contributed by atoms with van der Waals surface area (Å²) < 4.78 is 36.4. The molecule has 2 aromatic heterocycles. The number of aromatic nitrogens is 3. The Bertz CT molecular complexity index is 1810. The standard InChI is InChI=1S/C32H30ClF2N7O2/c1-19(34)31(43)42-15-14-41(17-21(42)11-12-36)30-24-16-37-28(23-9-3-6-20-7-4-10-25(33)26(20)23)27(35)29(24)38-32(39-30)44-18-22-8-5-13-40(22)2/h3-4,6-7,9-10,16,21-22H,1,5,8,11,13-15,17-18H2,2H3/t21-,22-/m0/s1. The van der Waals surface area contributed by atoms with Crippen LogP contribution in [0.25, 0.3) is 32.9 Å². The van der Waals surface area contributed by atoms with Crippen molar-refractivity contribution in [2.75, 3.05) is 44.7 Å². The lowest BCUT2D eigenvalue weighted by Gasteiger charge is -2.41. The van der Waals surface area contributed by atoms with Crippen molar-refractivity contribution in [1.82, 2.24) is 24.8 Å². The number of carbonyl (C=O) groups excluding carboxylic acids is 1. The molecule has 226 valence electrons. The molecule has 2 aliphatic heterocycles. The van der Waals surface area contributed by atoms with Crippen molar-refractivity contribution in [2.24, 2.45) is 0 Å². The van der Waals surface area contributed by atoms with Gasteiger partial charge in [0.2, 0.25) is 0 Å². The maximum Gasteiger partial charge on any atom is 0.319 e. The van der Waals surface area contributed by atoms with Crippen LogP contribution in [0.4, 0.5) is 14.6 Å². The van der Waals surface area contributed by atoms with Gasteiger partial charge in [0.25, 0.3) is 5.91 Å². The van der Waals surface area contributed by atoms with Crippen LogP contribution in [-0.4, -0.2) is 82.6 Å². The Morgan fingerprint density at radius 1 is 1.18 bits per heavy atom. The average Bonchev–Trinajstić information content (AvgIpc) is 3.44. The molecule has 0 N–H and O–H groups in total. The fraction of sp³-hybridized carbons (Fsp3) is 0.344. The average molecular weight is 618 g/mol. The highest BCUT2D eigenvalue weighted by Gasteiger charge is 2.34. The smallest absolute Gasteiger partial charge is 0.319 e. The summed E-state index contributed by atoms with van der Waals surface area (Å²) in [5, 5.41) is 11.8. The van der Waals surface area contributed by atoms with Gasteiger partial charge in [-0.25, -0.2) is 8.78 Å². The number of pyridine rings is 1. The summed E-state index contributed by atoms with van der Waals surface area (Å²) in [5.41, 5.74) is 0.628. The normalized spacial score (nSPS) is 19.0. The van der Waals surface area contributed by atoms with E-state index in [9.17, 15) is 14.4 Å². The van der Waals surface area contributed by atoms with Crippen molar-refractivity contribution in [3.63, 3.8) is 0 Å². The lowest BCUT2D eigenvalue weighted by molar-refractivity contribution is -0.131. The van der Waals surface area contributed by atoms with E-state index in [4.69, 9.17) is 16.3 Å². The molecule has 0 aliphatic carbocycles. The second-order valence-electron chi connectivity index (χ2n) is 11.1. The molecule has 4 heterocycles. The number of piperazine rings is 1. The van der Waals surface area contributed by atoms with Crippen LogP contribution in [-0.2, 0) is 4.79 Å². The number of carbonyl (C=O) groups is 1. The number of rotatable bonds is 7. The van der Waals surface area contributed by atoms with Gasteiger partial charge in [0, 0.05) is 47.8 Å². The van der Waals surface area contributed by atoms with Crippen LogP contribution in [0.5, 0.6) is 6.01 Å². The molecule has 44 heavy (non-hydrogen) atoms. The van der Waals surface area contributed by atoms with Crippen LogP contribution < -0.4 is 9.64 Å². The highest BCUT2D eigenvalue weighted by Crippen LogP contribution is 2.37. The zero-order chi connectivity index (χ0) is 31.0. The molecule has 2 aromatic carbocycles. The minimum Gasteiger partial charge on any atom is -0.462 e. The van der Waals surface area contributed by atoms with Crippen molar-refractivity contribution in [3.8, 4) is 23.3 Å². The summed E-state index contributed by atoms with van der Waals surface area (Å²) in [6.45, 7) is 4.95. The van der Waals surface area contributed by atoms with Gasteiger partial charge in [-0.05, 0) is 37.9 Å². The number of likely N-dealkylation sites (tertiary alicyclic amines) is 1. The molecule has 0 spiro atoms. The molecular formula is C32H30ClF2N7O2. The number of likely N-dealkylation sites (N-methyl/N-ethyl adjacent to an activating group) is 1. The molecule has 0 radical (unpaired) electrons. The van der Waals surface area contributed by atoms with E-state index in [0.717, 1.165) is 24.8 Å². The number of halogens is 3. The summed E-state index contributed by atoms with van der Waals surface area (Å²) in [6, 6.07) is 12.6. The predicted octanol–water partition coefficient (Wildman–Crippen LogP) is 5.52. The van der Waals surface area contributed by atoms with E-state index in [1.165, 1.54) is 11.1 Å². The van der Waals surface area contributed by atoms with Gasteiger partial charge in [0.1, 0.15) is 23.6 Å². The number of hydrogen-bond donors (Lipinski definition) is 0. The van der Waals surface area contributed by atoms with Gasteiger partial charge < -0.3 is 19.4 Å². The first kappa shape index (κ1) is 29.7. The van der Waals surface area contributed by atoms with Gasteiger partial charge in [-0.15, -0.1) is 0 Å². The first-order valence-corrected chi connectivity index (χ1v) is 14.8. The number of benzene rings is 2. The molecule has 6 rings (SSSR count). The fourth-order valence-electron chi connectivity index (χ4n) is 6.12. The molecule has 2 aliphatic rings. The number of ether oxygens (including phenoxy) is 1. The van der Waals surface area contributed by atoms with E-state index in [-0.39, 0.29) is 49.3 Å². The Labute approximate surface area is 258 Å². The molecule has 12 heteroatoms. The molecule has 0 unspecified atom stereocenters. The lowest BCUT2D eigenvalue weighted by atomic mass is 10.0. The van der Waals surface area contributed by atoms with Crippen molar-refractivity contribution in [1.29, 1.82) is 5.26 Å². The molecule has 2 saturated heterocycles. The zero-order valence-electron chi connectivity index (χ0n) is 24.1. The number of fused-ring (bicyclic) bond motifs is 2. The number of nitrogens with zero attached hydrogens (tertiary/aromatic N) is 7. The van der Waals surface area contributed by atoms with E-state index in [1.54, 1.807) is 12.1 Å². The van der Waals surface area contributed by atoms with Crippen LogP contribution in [0.15, 0.2) is 55.0 Å². The van der Waals surface area contributed by atoms with Gasteiger partial charge >= 0.3 is 6.01 Å². The maximum absolute atomic E-state index is 16.6. The lowest BCUT2D eigenvalue weighted by Crippen LogP contribution is -2.55. The molecule has 9 nitrogen and oxygen atoms in total. The zero-order valence-corrected chi connectivity index (χ0v) is 24.9. The third-order valence-corrected chi connectivity index (χ3v) is 8.75. The molecular weight excluding hydrogens is 588 g/mol. The van der Waals surface area contributed by atoms with Crippen molar-refractivity contribution in [3.05, 3.63) is 65.8 Å². The van der Waals surface area contributed by atoms with E-state index in [0.29, 0.717) is 33.8 Å². The van der Waals surface area contributed by atoms with Gasteiger partial charge in [0.15, 0.2) is 11.6 Å². The van der Waals surface area contributed by atoms with Gasteiger partial charge in [-0.2, -0.15) is 15.2 Å². The minimum absolute atomic E-state index is 0.00674. The highest BCUT2D eigenvalue weighted by atomic mass is 35.5. The monoisotopic (exact) mass is 617 g/mol. The van der Waals surface area contributed by atoms with Crippen LogP contribution >= 0.6 is 11.6 Å². The molecule has 1 amide bonds. The molecule has 2 atom stereocenters. The largest absolute Gasteiger partial charge is 0.462 e. The SMILES string of the molecule is C=C(F)C(=O)N1CCN(c2nc(OC[C@@H]3CCCN3C)nc3c(F)c(-c4cccc5cccc(Cl)c45)ncc23)C[C@@H]1CC#N. The van der Waals surface area contributed by atoms with Crippen molar-refractivity contribution >= 4 is 45.0 Å². The summed E-state index contributed by atoms with van der Waals surface area (Å²) in [5.74, 6) is -2.24. The second kappa shape index (κ2) is 12.3. The maximum atomic E-state index is 16.6. The third-order valence-electron chi connectivity index (χ3n) is 8.43. The Morgan fingerprint density at radius 2 is 1.98 bits per heavy atom. The quantitative estimate of drug-likeness (QED) is 0.250. The van der Waals surface area contributed by atoms with Crippen molar-refractivity contribution < 1.29 is 18.3 Å². The summed E-state index contributed by atoms with van der Waals surface area (Å²) in [4.78, 5) is 31.5. The van der Waals surface area contributed by atoms with E-state index in [2.05, 4.69) is 32.5 Å². The van der Waals surface area contributed by atoms with Gasteiger partial charge in [0.05, 0.1) is 23.9 Å². The fourth-order valence-corrected chi connectivity index (χ4v) is 6.40. The second-order valence-corrected chi connectivity index (χ2v) is 11.5. The third kappa shape index (κ3) is 5.51. The molecule has 2 fully saturated rings. The van der Waals surface area contributed by atoms with E-state index >= 15 is 4.39 Å². The Balaban J connectivity index is 1.45. The summed E-state index contributed by atoms with van der Waals surface area (Å²) in [6.07, 6.45) is 3.51. The molecule has 0 saturated carbocycles. The van der Waals surface area contributed by atoms with Crippen LogP contribution in [0.2, 0.25) is 5.02 Å². The van der Waals surface area contributed by atoms with Crippen LogP contribution in [0.3, 0.4) is 0 Å². The summed E-state index contributed by atoms with van der Waals surface area (Å²) >= 11 is 6.56. The first-order chi connectivity index (χ1) is 21.3. The number of anilines is 1. The first-order valence-electron chi connectivity index (χ1n) is 14.4. The van der Waals surface area contributed by atoms with Gasteiger partial charge in [-0.3, -0.25) is 9.78 Å². The summed E-state index contributed by atoms with van der Waals surface area (Å²) in [7, 11) is 2.03. The van der Waals surface area contributed by atoms with Gasteiger partial charge in [-0.1, -0.05) is 48.5 Å². The minimum atomic E-state index is -1.09. The van der Waals surface area contributed by atoms with Crippen LogP contribution in [0, 0.1) is 17.1 Å². The molecule has 4 aromatic rings. The van der Waals surface area contributed by atoms with E-state index < -0.39 is 23.6 Å².